The summed E-state index contributed by atoms with van der Waals surface area (Å²) in [5, 5.41) is 15.6. The van der Waals surface area contributed by atoms with E-state index in [4.69, 9.17) is 5.26 Å². The Morgan fingerprint density at radius 3 is 2.84 bits per heavy atom. The molecule has 0 fully saturated rings. The minimum Gasteiger partial charge on any atom is -0.332 e. The Morgan fingerprint density at radius 2 is 2.26 bits per heavy atom. The molecule has 96 valence electrons. The number of nitrogens with zero attached hydrogens (tertiary/aromatic N) is 1. The molecule has 0 aliphatic heterocycles. The lowest BCUT2D eigenvalue weighted by Crippen LogP contribution is -2.27. The number of nitriles is 1. The van der Waals surface area contributed by atoms with Gasteiger partial charge in [-0.1, -0.05) is 6.07 Å². The molecular weight excluding hydrogens is 324 g/mol. The summed E-state index contributed by atoms with van der Waals surface area (Å²) >= 11 is 4.87. The van der Waals surface area contributed by atoms with Gasteiger partial charge in [-0.3, -0.25) is 4.79 Å². The third-order valence-electron chi connectivity index (χ3n) is 2.65. The molecule has 0 saturated heterocycles. The van der Waals surface area contributed by atoms with Crippen molar-refractivity contribution in [2.75, 3.05) is 0 Å². The fourth-order valence-electron chi connectivity index (χ4n) is 1.64. The molecular formula is C14H11BrN2OS. The summed E-state index contributed by atoms with van der Waals surface area (Å²) < 4.78 is 0.729. The van der Waals surface area contributed by atoms with Crippen LogP contribution < -0.4 is 5.32 Å². The van der Waals surface area contributed by atoms with E-state index in [0.29, 0.717) is 5.56 Å². The molecule has 1 aromatic heterocycles. The third-order valence-corrected chi connectivity index (χ3v) is 4.01. The number of amides is 1. The number of thiophene rings is 1. The molecule has 0 aliphatic carbocycles. The van der Waals surface area contributed by atoms with E-state index < -0.39 is 6.04 Å². The molecule has 2 aromatic rings. The number of carbonyl (C=O) groups is 1. The Morgan fingerprint density at radius 1 is 1.47 bits per heavy atom. The lowest BCUT2D eigenvalue weighted by atomic mass is 10.1. The molecule has 0 bridgehead atoms. The van der Waals surface area contributed by atoms with E-state index in [2.05, 4.69) is 27.3 Å². The Balaban J connectivity index is 2.19. The zero-order valence-corrected chi connectivity index (χ0v) is 12.6. The van der Waals surface area contributed by atoms with Gasteiger partial charge < -0.3 is 5.32 Å². The number of benzene rings is 1. The summed E-state index contributed by atoms with van der Waals surface area (Å²) in [5.74, 6) is -0.260. The van der Waals surface area contributed by atoms with Crippen LogP contribution in [-0.4, -0.2) is 5.91 Å². The highest BCUT2D eigenvalue weighted by molar-refractivity contribution is 9.10. The van der Waals surface area contributed by atoms with Crippen LogP contribution in [0.5, 0.6) is 0 Å². The van der Waals surface area contributed by atoms with Crippen LogP contribution in [0.15, 0.2) is 39.5 Å². The Hall–Kier alpha value is -1.64. The first-order chi connectivity index (χ1) is 9.11. The maximum Gasteiger partial charge on any atom is 0.253 e. The molecule has 2 rings (SSSR count). The van der Waals surface area contributed by atoms with Gasteiger partial charge in [0.2, 0.25) is 0 Å². The monoisotopic (exact) mass is 334 g/mol. The van der Waals surface area contributed by atoms with Gasteiger partial charge in [-0.2, -0.15) is 16.6 Å². The molecule has 1 aromatic carbocycles. The fourth-order valence-corrected chi connectivity index (χ4v) is 3.00. The number of rotatable bonds is 3. The van der Waals surface area contributed by atoms with Crippen molar-refractivity contribution in [1.29, 1.82) is 5.26 Å². The molecule has 3 nitrogen and oxygen atoms in total. The lowest BCUT2D eigenvalue weighted by molar-refractivity contribution is 0.0944. The van der Waals surface area contributed by atoms with Crippen molar-refractivity contribution in [3.8, 4) is 6.07 Å². The fraction of sp³-hybridized carbons (Fsp3) is 0.143. The highest BCUT2D eigenvalue weighted by Crippen LogP contribution is 2.20. The first-order valence-corrected chi connectivity index (χ1v) is 7.34. The first kappa shape index (κ1) is 13.8. The van der Waals surface area contributed by atoms with Crippen LogP contribution in [0.25, 0.3) is 0 Å². The predicted octanol–water partition coefficient (Wildman–Crippen LogP) is 3.81. The van der Waals surface area contributed by atoms with E-state index in [1.807, 2.05) is 35.9 Å². The minimum absolute atomic E-state index is 0.260. The zero-order valence-electron chi connectivity index (χ0n) is 10.2. The van der Waals surface area contributed by atoms with Crippen molar-refractivity contribution in [2.45, 2.75) is 13.0 Å². The van der Waals surface area contributed by atoms with Gasteiger partial charge in [-0.15, -0.1) is 0 Å². The molecule has 1 heterocycles. The Labute approximate surface area is 124 Å². The molecule has 5 heteroatoms. The van der Waals surface area contributed by atoms with E-state index in [0.717, 1.165) is 15.6 Å². The molecule has 1 atom stereocenters. The lowest BCUT2D eigenvalue weighted by Gasteiger charge is -2.11. The van der Waals surface area contributed by atoms with Crippen LogP contribution in [0.4, 0.5) is 0 Å². The summed E-state index contributed by atoms with van der Waals surface area (Å²) in [6.07, 6.45) is 0. The number of carbonyl (C=O) groups excluding carboxylic acids is 1. The van der Waals surface area contributed by atoms with Crippen molar-refractivity contribution in [1.82, 2.24) is 5.32 Å². The molecule has 19 heavy (non-hydrogen) atoms. The van der Waals surface area contributed by atoms with E-state index >= 15 is 0 Å². The number of hydrogen-bond donors (Lipinski definition) is 1. The number of aryl methyl sites for hydroxylation is 1. The van der Waals surface area contributed by atoms with Crippen molar-refractivity contribution in [2.24, 2.45) is 0 Å². The summed E-state index contributed by atoms with van der Waals surface area (Å²) in [7, 11) is 0. The van der Waals surface area contributed by atoms with Crippen molar-refractivity contribution >= 4 is 33.2 Å². The molecule has 0 spiro atoms. The first-order valence-electron chi connectivity index (χ1n) is 5.60. The van der Waals surface area contributed by atoms with E-state index in [1.54, 1.807) is 6.07 Å². The van der Waals surface area contributed by atoms with Gasteiger partial charge in [-0.05, 0) is 62.9 Å². The summed E-state index contributed by atoms with van der Waals surface area (Å²) in [4.78, 5) is 12.2. The smallest absolute Gasteiger partial charge is 0.253 e. The van der Waals surface area contributed by atoms with Gasteiger partial charge in [-0.25, -0.2) is 0 Å². The Kier molecular flexibility index (Phi) is 4.35. The number of halogens is 1. The second-order valence-electron chi connectivity index (χ2n) is 4.08. The molecule has 0 radical (unpaired) electrons. The average molecular weight is 335 g/mol. The maximum atomic E-state index is 12.2. The van der Waals surface area contributed by atoms with Gasteiger partial charge in [0.15, 0.2) is 0 Å². The van der Waals surface area contributed by atoms with Crippen molar-refractivity contribution in [3.63, 3.8) is 0 Å². The highest BCUT2D eigenvalue weighted by atomic mass is 79.9. The van der Waals surface area contributed by atoms with Gasteiger partial charge in [0.25, 0.3) is 5.91 Å². The Bertz CT molecular complexity index is 631. The van der Waals surface area contributed by atoms with E-state index in [9.17, 15) is 4.79 Å². The standard InChI is InChI=1S/C14H11BrN2OS/c1-9-2-3-11(12(15)6-9)14(18)17-13(7-16)10-4-5-19-8-10/h2-6,8,13H,1H3,(H,17,18)/t13-/m1/s1. The zero-order chi connectivity index (χ0) is 13.8. The molecule has 1 amide bonds. The highest BCUT2D eigenvalue weighted by Gasteiger charge is 2.17. The maximum absolute atomic E-state index is 12.2. The normalized spacial score (nSPS) is 11.6. The molecule has 1 N–H and O–H groups in total. The van der Waals surface area contributed by atoms with Crippen LogP contribution in [-0.2, 0) is 0 Å². The van der Waals surface area contributed by atoms with Crippen LogP contribution in [0.2, 0.25) is 0 Å². The van der Waals surface area contributed by atoms with Crippen LogP contribution in [0, 0.1) is 18.3 Å². The molecule has 0 unspecified atom stereocenters. The number of hydrogen-bond acceptors (Lipinski definition) is 3. The number of nitrogens with one attached hydrogen (secondary N) is 1. The molecule has 0 aliphatic rings. The van der Waals surface area contributed by atoms with Crippen LogP contribution >= 0.6 is 27.3 Å². The van der Waals surface area contributed by atoms with Crippen LogP contribution in [0.3, 0.4) is 0 Å². The van der Waals surface area contributed by atoms with Gasteiger partial charge in [0.1, 0.15) is 6.04 Å². The second kappa shape index (κ2) is 6.00. The summed E-state index contributed by atoms with van der Waals surface area (Å²) in [5.41, 5.74) is 2.41. The second-order valence-corrected chi connectivity index (χ2v) is 5.71. The van der Waals surface area contributed by atoms with Crippen molar-refractivity contribution < 1.29 is 4.79 Å². The topological polar surface area (TPSA) is 52.9 Å². The summed E-state index contributed by atoms with van der Waals surface area (Å²) in [6, 6.07) is 8.80. The van der Waals surface area contributed by atoms with Gasteiger partial charge in [0, 0.05) is 4.47 Å². The minimum atomic E-state index is -0.619. The largest absolute Gasteiger partial charge is 0.332 e. The van der Waals surface area contributed by atoms with E-state index in [-0.39, 0.29) is 5.91 Å². The molecule has 0 saturated carbocycles. The predicted molar refractivity (Wildman–Crippen MR) is 79.0 cm³/mol. The van der Waals surface area contributed by atoms with Crippen LogP contribution in [0.1, 0.15) is 27.5 Å². The van der Waals surface area contributed by atoms with Gasteiger partial charge in [0.05, 0.1) is 11.6 Å². The van der Waals surface area contributed by atoms with Gasteiger partial charge >= 0.3 is 0 Å². The third kappa shape index (κ3) is 3.22. The van der Waals surface area contributed by atoms with Crippen molar-refractivity contribution in [3.05, 3.63) is 56.2 Å². The van der Waals surface area contributed by atoms with E-state index in [1.165, 1.54) is 11.3 Å². The SMILES string of the molecule is Cc1ccc(C(=O)N[C@H](C#N)c2ccsc2)c(Br)c1. The average Bonchev–Trinajstić information content (AvgIpc) is 2.89. The quantitative estimate of drug-likeness (QED) is 0.927. The summed E-state index contributed by atoms with van der Waals surface area (Å²) in [6.45, 7) is 1.95.